The maximum Gasteiger partial charge on any atom is 0.339 e. The molecule has 0 aromatic heterocycles. The molecular formula is C13H18O4S. The average molecular weight is 270 g/mol. The summed E-state index contributed by atoms with van der Waals surface area (Å²) in [6.45, 7) is 5.50. The molecule has 0 aliphatic carbocycles. The second-order valence-electron chi connectivity index (χ2n) is 4.04. The zero-order valence-electron chi connectivity index (χ0n) is 10.9. The SMILES string of the molecule is CCCS(=O)(=O)c1ccc(C)cc1C(=O)OCC. The largest absolute Gasteiger partial charge is 0.462 e. The van der Waals surface area contributed by atoms with E-state index >= 15 is 0 Å². The van der Waals surface area contributed by atoms with Gasteiger partial charge in [0.05, 0.1) is 22.8 Å². The average Bonchev–Trinajstić information content (AvgIpc) is 2.28. The summed E-state index contributed by atoms with van der Waals surface area (Å²) in [6, 6.07) is 4.72. The molecule has 0 bridgehead atoms. The molecule has 0 atom stereocenters. The van der Waals surface area contributed by atoms with E-state index in [1.807, 2.05) is 0 Å². The van der Waals surface area contributed by atoms with E-state index in [4.69, 9.17) is 4.74 Å². The molecule has 0 saturated heterocycles. The zero-order chi connectivity index (χ0) is 13.8. The Hall–Kier alpha value is -1.36. The number of ether oxygens (including phenoxy) is 1. The first kappa shape index (κ1) is 14.7. The van der Waals surface area contributed by atoms with E-state index in [1.54, 1.807) is 32.9 Å². The lowest BCUT2D eigenvalue weighted by Crippen LogP contribution is -2.14. The second-order valence-corrected chi connectivity index (χ2v) is 6.12. The molecule has 0 N–H and O–H groups in total. The monoisotopic (exact) mass is 270 g/mol. The maximum atomic E-state index is 12.1. The Morgan fingerprint density at radius 3 is 2.50 bits per heavy atom. The van der Waals surface area contributed by atoms with Crippen LogP contribution in [0.3, 0.4) is 0 Å². The number of sulfone groups is 1. The van der Waals surface area contributed by atoms with E-state index in [-0.39, 0.29) is 22.8 Å². The minimum atomic E-state index is -3.42. The van der Waals surface area contributed by atoms with Crippen molar-refractivity contribution in [3.8, 4) is 0 Å². The van der Waals surface area contributed by atoms with Crippen molar-refractivity contribution in [1.29, 1.82) is 0 Å². The van der Waals surface area contributed by atoms with Crippen LogP contribution in [0.1, 0.15) is 36.2 Å². The summed E-state index contributed by atoms with van der Waals surface area (Å²) in [4.78, 5) is 11.8. The van der Waals surface area contributed by atoms with Gasteiger partial charge in [0.25, 0.3) is 0 Å². The number of hydrogen-bond acceptors (Lipinski definition) is 4. The van der Waals surface area contributed by atoms with Crippen LogP contribution in [0.25, 0.3) is 0 Å². The lowest BCUT2D eigenvalue weighted by molar-refractivity contribution is 0.0521. The van der Waals surface area contributed by atoms with Gasteiger partial charge in [-0.15, -0.1) is 0 Å². The molecule has 18 heavy (non-hydrogen) atoms. The van der Waals surface area contributed by atoms with Crippen LogP contribution in [0, 0.1) is 6.92 Å². The fourth-order valence-corrected chi connectivity index (χ4v) is 3.17. The van der Waals surface area contributed by atoms with Gasteiger partial charge in [0, 0.05) is 0 Å². The highest BCUT2D eigenvalue weighted by Gasteiger charge is 2.22. The predicted molar refractivity (Wildman–Crippen MR) is 69.5 cm³/mol. The Balaban J connectivity index is 3.32. The quantitative estimate of drug-likeness (QED) is 0.771. The highest BCUT2D eigenvalue weighted by molar-refractivity contribution is 7.91. The molecule has 0 amide bonds. The highest BCUT2D eigenvalue weighted by atomic mass is 32.2. The Bertz CT molecular complexity index is 532. The van der Waals surface area contributed by atoms with E-state index < -0.39 is 15.8 Å². The number of aryl methyl sites for hydroxylation is 1. The van der Waals surface area contributed by atoms with Gasteiger partial charge in [0.2, 0.25) is 0 Å². The van der Waals surface area contributed by atoms with E-state index in [0.29, 0.717) is 6.42 Å². The van der Waals surface area contributed by atoms with Crippen molar-refractivity contribution in [2.75, 3.05) is 12.4 Å². The smallest absolute Gasteiger partial charge is 0.339 e. The molecule has 0 heterocycles. The van der Waals surface area contributed by atoms with Gasteiger partial charge in [-0.1, -0.05) is 18.6 Å². The molecule has 0 aliphatic rings. The predicted octanol–water partition coefficient (Wildman–Crippen LogP) is 2.36. The number of esters is 1. The van der Waals surface area contributed by atoms with E-state index in [0.717, 1.165) is 5.56 Å². The number of carbonyl (C=O) groups excluding carboxylic acids is 1. The summed E-state index contributed by atoms with van der Waals surface area (Å²) in [5, 5.41) is 0. The third kappa shape index (κ3) is 3.32. The molecule has 0 spiro atoms. The van der Waals surface area contributed by atoms with E-state index in [9.17, 15) is 13.2 Å². The molecule has 5 heteroatoms. The van der Waals surface area contributed by atoms with Crippen molar-refractivity contribution in [2.24, 2.45) is 0 Å². The van der Waals surface area contributed by atoms with Crippen LogP contribution < -0.4 is 0 Å². The van der Waals surface area contributed by atoms with Gasteiger partial charge in [-0.05, 0) is 32.4 Å². The molecule has 4 nitrogen and oxygen atoms in total. The molecular weight excluding hydrogens is 252 g/mol. The maximum absolute atomic E-state index is 12.1. The molecule has 1 aromatic carbocycles. The molecule has 0 unspecified atom stereocenters. The summed E-state index contributed by atoms with van der Waals surface area (Å²) < 4.78 is 29.0. The standard InChI is InChI=1S/C13H18O4S/c1-4-8-18(15,16)12-7-6-10(3)9-11(12)13(14)17-5-2/h6-7,9H,4-5,8H2,1-3H3. The van der Waals surface area contributed by atoms with Crippen LogP contribution in [-0.2, 0) is 14.6 Å². The van der Waals surface area contributed by atoms with Crippen molar-refractivity contribution < 1.29 is 17.9 Å². The van der Waals surface area contributed by atoms with Crippen LogP contribution in [0.4, 0.5) is 0 Å². The highest BCUT2D eigenvalue weighted by Crippen LogP contribution is 2.20. The first-order valence-corrected chi connectivity index (χ1v) is 7.58. The fraction of sp³-hybridized carbons (Fsp3) is 0.462. The summed E-state index contributed by atoms with van der Waals surface area (Å²) in [5.41, 5.74) is 0.957. The van der Waals surface area contributed by atoms with Crippen LogP contribution in [0.5, 0.6) is 0 Å². The Labute approximate surface area is 108 Å². The molecule has 1 rings (SSSR count). The van der Waals surface area contributed by atoms with E-state index in [1.165, 1.54) is 6.07 Å². The Kier molecular flexibility index (Phi) is 4.90. The molecule has 0 radical (unpaired) electrons. The summed E-state index contributed by atoms with van der Waals surface area (Å²) in [6.07, 6.45) is 0.512. The van der Waals surface area contributed by atoms with Crippen LogP contribution >= 0.6 is 0 Å². The summed E-state index contributed by atoms with van der Waals surface area (Å²) >= 11 is 0. The molecule has 0 aliphatic heterocycles. The van der Waals surface area contributed by atoms with Gasteiger partial charge < -0.3 is 4.74 Å². The minimum absolute atomic E-state index is 0.0302. The van der Waals surface area contributed by atoms with Gasteiger partial charge in [-0.3, -0.25) is 0 Å². The van der Waals surface area contributed by atoms with Crippen LogP contribution in [-0.4, -0.2) is 26.7 Å². The molecule has 1 aromatic rings. The van der Waals surface area contributed by atoms with Gasteiger partial charge in [0.15, 0.2) is 9.84 Å². The van der Waals surface area contributed by atoms with Crippen LogP contribution in [0.2, 0.25) is 0 Å². The topological polar surface area (TPSA) is 60.4 Å². The van der Waals surface area contributed by atoms with Crippen molar-refractivity contribution in [3.05, 3.63) is 29.3 Å². The van der Waals surface area contributed by atoms with Crippen molar-refractivity contribution in [2.45, 2.75) is 32.1 Å². The zero-order valence-corrected chi connectivity index (χ0v) is 11.7. The number of rotatable bonds is 5. The fourth-order valence-electron chi connectivity index (χ4n) is 1.66. The normalized spacial score (nSPS) is 11.3. The summed E-state index contributed by atoms with van der Waals surface area (Å²) in [7, 11) is -3.42. The van der Waals surface area contributed by atoms with E-state index in [2.05, 4.69) is 0 Å². The van der Waals surface area contributed by atoms with Crippen molar-refractivity contribution in [3.63, 3.8) is 0 Å². The van der Waals surface area contributed by atoms with Crippen molar-refractivity contribution >= 4 is 15.8 Å². The molecule has 0 saturated carbocycles. The first-order chi connectivity index (χ1) is 8.42. The second kappa shape index (κ2) is 6.00. The van der Waals surface area contributed by atoms with Gasteiger partial charge in [-0.2, -0.15) is 0 Å². The Morgan fingerprint density at radius 2 is 1.94 bits per heavy atom. The lowest BCUT2D eigenvalue weighted by Gasteiger charge is -2.10. The van der Waals surface area contributed by atoms with Gasteiger partial charge in [-0.25, -0.2) is 13.2 Å². The first-order valence-electron chi connectivity index (χ1n) is 5.93. The summed E-state index contributed by atoms with van der Waals surface area (Å²) in [5.74, 6) is -0.557. The van der Waals surface area contributed by atoms with Gasteiger partial charge in [0.1, 0.15) is 0 Å². The van der Waals surface area contributed by atoms with Crippen LogP contribution in [0.15, 0.2) is 23.1 Å². The van der Waals surface area contributed by atoms with Gasteiger partial charge >= 0.3 is 5.97 Å². The van der Waals surface area contributed by atoms with Crippen molar-refractivity contribution in [1.82, 2.24) is 0 Å². The lowest BCUT2D eigenvalue weighted by atomic mass is 10.1. The number of benzene rings is 1. The third-order valence-corrected chi connectivity index (χ3v) is 4.41. The third-order valence-electron chi connectivity index (χ3n) is 2.44. The number of hydrogen-bond donors (Lipinski definition) is 0. The molecule has 0 fully saturated rings. The minimum Gasteiger partial charge on any atom is -0.462 e. The molecule has 100 valence electrons. The number of carbonyl (C=O) groups is 1. The Morgan fingerprint density at radius 1 is 1.28 bits per heavy atom.